The summed E-state index contributed by atoms with van der Waals surface area (Å²) in [7, 11) is 0. The molecule has 0 saturated heterocycles. The summed E-state index contributed by atoms with van der Waals surface area (Å²) in [5.74, 6) is -1.47. The minimum absolute atomic E-state index is 0.0539. The maximum atomic E-state index is 13.5. The van der Waals surface area contributed by atoms with E-state index < -0.39 is 16.6 Å². The van der Waals surface area contributed by atoms with Gasteiger partial charge in [-0.25, -0.2) is 4.39 Å². The fourth-order valence-corrected chi connectivity index (χ4v) is 2.10. The molecule has 0 aliphatic heterocycles. The van der Waals surface area contributed by atoms with Gasteiger partial charge in [0.15, 0.2) is 5.11 Å². The van der Waals surface area contributed by atoms with Gasteiger partial charge in [-0.15, -0.1) is 0 Å². The number of carbonyl (C=O) groups is 1. The van der Waals surface area contributed by atoms with Crippen LogP contribution in [0.5, 0.6) is 0 Å². The van der Waals surface area contributed by atoms with E-state index in [0.717, 1.165) is 12.1 Å². The molecule has 23 heavy (non-hydrogen) atoms. The van der Waals surface area contributed by atoms with Crippen molar-refractivity contribution in [1.82, 2.24) is 5.32 Å². The number of benzene rings is 2. The van der Waals surface area contributed by atoms with Gasteiger partial charge < -0.3 is 5.32 Å². The van der Waals surface area contributed by atoms with Crippen molar-refractivity contribution in [3.8, 4) is 0 Å². The van der Waals surface area contributed by atoms with Crippen molar-refractivity contribution in [2.24, 2.45) is 0 Å². The normalized spacial score (nSPS) is 10.0. The zero-order valence-corrected chi connectivity index (χ0v) is 13.0. The van der Waals surface area contributed by atoms with E-state index in [1.54, 1.807) is 0 Å². The highest BCUT2D eigenvalue weighted by Crippen LogP contribution is 2.27. The number of carbonyl (C=O) groups excluding carboxylic acids is 1. The summed E-state index contributed by atoms with van der Waals surface area (Å²) in [5, 5.41) is 15.7. The molecule has 2 aromatic rings. The Balaban J connectivity index is 2.13. The Hall–Kier alpha value is -2.58. The molecule has 0 fully saturated rings. The minimum Gasteiger partial charge on any atom is -0.327 e. The smallest absolute Gasteiger partial charge is 0.294 e. The van der Waals surface area contributed by atoms with E-state index >= 15 is 0 Å². The first-order chi connectivity index (χ1) is 10.9. The van der Waals surface area contributed by atoms with Gasteiger partial charge in [0.05, 0.1) is 10.5 Å². The Labute approximate surface area is 140 Å². The summed E-state index contributed by atoms with van der Waals surface area (Å²) < 4.78 is 13.5. The molecule has 0 saturated carbocycles. The van der Waals surface area contributed by atoms with E-state index in [2.05, 4.69) is 10.6 Å². The molecule has 0 aliphatic rings. The van der Waals surface area contributed by atoms with Crippen molar-refractivity contribution in [1.29, 1.82) is 0 Å². The molecule has 0 spiro atoms. The molecule has 0 radical (unpaired) electrons. The topological polar surface area (TPSA) is 84.3 Å². The Bertz CT molecular complexity index is 801. The number of amides is 1. The van der Waals surface area contributed by atoms with Gasteiger partial charge in [-0.2, -0.15) is 0 Å². The summed E-state index contributed by atoms with van der Waals surface area (Å²) in [6, 6.07) is 9.29. The molecule has 2 aromatic carbocycles. The molecule has 0 bridgehead atoms. The van der Waals surface area contributed by atoms with Crippen molar-refractivity contribution in [3.05, 3.63) is 69.0 Å². The molecule has 2 rings (SSSR count). The molecule has 0 atom stereocenters. The number of nitrogens with one attached hydrogen (secondary N) is 2. The maximum absolute atomic E-state index is 13.5. The monoisotopic (exact) mass is 353 g/mol. The van der Waals surface area contributed by atoms with Gasteiger partial charge in [-0.1, -0.05) is 23.7 Å². The molecule has 0 aromatic heterocycles. The Morgan fingerprint density at radius 1 is 1.26 bits per heavy atom. The second-order valence-electron chi connectivity index (χ2n) is 4.31. The molecule has 1 amide bonds. The number of anilines is 1. The summed E-state index contributed by atoms with van der Waals surface area (Å²) in [6.45, 7) is 0. The van der Waals surface area contributed by atoms with Crippen LogP contribution in [0.15, 0.2) is 42.5 Å². The second-order valence-corrected chi connectivity index (χ2v) is 5.15. The number of nitro benzene ring substituents is 1. The quantitative estimate of drug-likeness (QED) is 0.501. The van der Waals surface area contributed by atoms with Gasteiger partial charge in [-0.05, 0) is 36.5 Å². The van der Waals surface area contributed by atoms with E-state index in [4.69, 9.17) is 23.8 Å². The highest BCUT2D eigenvalue weighted by atomic mass is 35.5. The molecule has 6 nitrogen and oxygen atoms in total. The lowest BCUT2D eigenvalue weighted by molar-refractivity contribution is -0.383. The average molecular weight is 354 g/mol. The predicted molar refractivity (Wildman–Crippen MR) is 88.2 cm³/mol. The van der Waals surface area contributed by atoms with E-state index in [1.165, 1.54) is 30.3 Å². The first-order valence-corrected chi connectivity index (χ1v) is 6.98. The van der Waals surface area contributed by atoms with Crippen LogP contribution in [-0.2, 0) is 0 Å². The van der Waals surface area contributed by atoms with Crippen LogP contribution in [0, 0.1) is 15.9 Å². The Morgan fingerprint density at radius 2 is 1.96 bits per heavy atom. The lowest BCUT2D eigenvalue weighted by atomic mass is 10.2. The van der Waals surface area contributed by atoms with Crippen molar-refractivity contribution in [2.75, 3.05) is 5.32 Å². The van der Waals surface area contributed by atoms with E-state index in [1.807, 2.05) is 0 Å². The van der Waals surface area contributed by atoms with Gasteiger partial charge in [0.2, 0.25) is 0 Å². The number of rotatable bonds is 3. The number of halogens is 2. The highest BCUT2D eigenvalue weighted by molar-refractivity contribution is 7.80. The van der Waals surface area contributed by atoms with Crippen molar-refractivity contribution in [2.45, 2.75) is 0 Å². The summed E-state index contributed by atoms with van der Waals surface area (Å²) >= 11 is 10.6. The highest BCUT2D eigenvalue weighted by Gasteiger charge is 2.17. The first-order valence-electron chi connectivity index (χ1n) is 6.19. The van der Waals surface area contributed by atoms with Gasteiger partial charge in [0, 0.05) is 11.1 Å². The van der Waals surface area contributed by atoms with Gasteiger partial charge in [0.1, 0.15) is 11.5 Å². The summed E-state index contributed by atoms with van der Waals surface area (Å²) in [5.41, 5.74) is -0.444. The van der Waals surface area contributed by atoms with E-state index in [0.29, 0.717) is 0 Å². The average Bonchev–Trinajstić information content (AvgIpc) is 2.49. The lowest BCUT2D eigenvalue weighted by Gasteiger charge is -2.10. The van der Waals surface area contributed by atoms with Crippen molar-refractivity contribution in [3.63, 3.8) is 0 Å². The van der Waals surface area contributed by atoms with Crippen LogP contribution < -0.4 is 10.6 Å². The third kappa shape index (κ3) is 4.21. The molecule has 0 aliphatic carbocycles. The van der Waals surface area contributed by atoms with Crippen LogP contribution in [0.25, 0.3) is 0 Å². The molecular weight excluding hydrogens is 345 g/mol. The van der Waals surface area contributed by atoms with Crippen LogP contribution in [0.3, 0.4) is 0 Å². The Kier molecular flexibility index (Phi) is 5.20. The third-order valence-corrected chi connectivity index (χ3v) is 3.19. The fraction of sp³-hybridized carbons (Fsp3) is 0. The number of thiocarbonyl (C=S) groups is 1. The number of nitrogens with zero attached hydrogens (tertiary/aromatic N) is 1. The molecule has 118 valence electrons. The van der Waals surface area contributed by atoms with Crippen molar-refractivity contribution >= 4 is 46.2 Å². The number of hydrogen-bond acceptors (Lipinski definition) is 4. The van der Waals surface area contributed by atoms with Crippen LogP contribution in [-0.4, -0.2) is 15.9 Å². The fourth-order valence-electron chi connectivity index (χ4n) is 1.73. The van der Waals surface area contributed by atoms with Gasteiger partial charge in [-0.3, -0.25) is 20.2 Å². The lowest BCUT2D eigenvalue weighted by Crippen LogP contribution is -2.34. The second kappa shape index (κ2) is 7.12. The van der Waals surface area contributed by atoms with E-state index in [-0.39, 0.29) is 27.1 Å². The predicted octanol–water partition coefficient (Wildman–Crippen LogP) is 3.51. The van der Waals surface area contributed by atoms with Crippen LogP contribution in [0.4, 0.5) is 15.8 Å². The number of hydrogen-bond donors (Lipinski definition) is 2. The van der Waals surface area contributed by atoms with Crippen LogP contribution >= 0.6 is 23.8 Å². The standard InChI is InChI=1S/C14H9ClFN3O3S/c15-8-5-6-11(12(7-8)19(21)22)17-14(23)18-13(20)9-3-1-2-4-10(9)16/h1-7H,(H2,17,18,20,23). The summed E-state index contributed by atoms with van der Waals surface area (Å²) in [4.78, 5) is 22.2. The molecule has 0 heterocycles. The van der Waals surface area contributed by atoms with Crippen LogP contribution in [0.1, 0.15) is 10.4 Å². The summed E-state index contributed by atoms with van der Waals surface area (Å²) in [6.07, 6.45) is 0. The van der Waals surface area contributed by atoms with Crippen LogP contribution in [0.2, 0.25) is 5.02 Å². The Morgan fingerprint density at radius 3 is 2.61 bits per heavy atom. The van der Waals surface area contributed by atoms with Gasteiger partial charge >= 0.3 is 0 Å². The SMILES string of the molecule is O=C(NC(=S)Nc1ccc(Cl)cc1[N+](=O)[O-])c1ccccc1F. The molecule has 9 heteroatoms. The minimum atomic E-state index is -0.766. The van der Waals surface area contributed by atoms with E-state index in [9.17, 15) is 19.3 Å². The largest absolute Gasteiger partial charge is 0.327 e. The zero-order valence-electron chi connectivity index (χ0n) is 11.4. The molecule has 0 unspecified atom stereocenters. The number of nitro groups is 1. The first kappa shape index (κ1) is 16.8. The maximum Gasteiger partial charge on any atom is 0.294 e. The molecule has 2 N–H and O–H groups in total. The van der Waals surface area contributed by atoms with Crippen molar-refractivity contribution < 1.29 is 14.1 Å². The molecular formula is C14H9ClFN3O3S. The third-order valence-electron chi connectivity index (χ3n) is 2.75. The van der Waals surface area contributed by atoms with Gasteiger partial charge in [0.25, 0.3) is 11.6 Å². The zero-order chi connectivity index (χ0) is 17.0.